The van der Waals surface area contributed by atoms with Crippen molar-refractivity contribution in [3.63, 3.8) is 0 Å². The van der Waals surface area contributed by atoms with Crippen LogP contribution in [0.5, 0.6) is 0 Å². The summed E-state index contributed by atoms with van der Waals surface area (Å²) in [5.74, 6) is 1.70. The molecule has 0 spiro atoms. The van der Waals surface area contributed by atoms with Gasteiger partial charge in [0.25, 0.3) is 0 Å². The Hall–Kier alpha value is -1.56. The molecule has 0 unspecified atom stereocenters. The summed E-state index contributed by atoms with van der Waals surface area (Å²) >= 11 is 0. The molecule has 6 nitrogen and oxygen atoms in total. The van der Waals surface area contributed by atoms with Crippen LogP contribution in [-0.4, -0.2) is 45.0 Å². The fraction of sp³-hybridized carbons (Fsp3) is 0.692. The number of aromatic nitrogens is 1. The van der Waals surface area contributed by atoms with Gasteiger partial charge in [0, 0.05) is 39.4 Å². The van der Waals surface area contributed by atoms with E-state index in [-0.39, 0.29) is 0 Å². The number of hydrogen-bond acceptors (Lipinski definition) is 4. The molecule has 0 amide bonds. The molecule has 19 heavy (non-hydrogen) atoms. The number of aliphatic imine (C=N–C) groups is 1. The van der Waals surface area contributed by atoms with Crippen molar-refractivity contribution in [2.75, 3.05) is 33.9 Å². The maximum atomic E-state index is 5.13. The molecule has 0 fully saturated rings. The van der Waals surface area contributed by atoms with Gasteiger partial charge in [-0.2, -0.15) is 0 Å². The van der Waals surface area contributed by atoms with Crippen molar-refractivity contribution in [2.45, 2.75) is 26.7 Å². The lowest BCUT2D eigenvalue weighted by Crippen LogP contribution is -2.39. The zero-order valence-electron chi connectivity index (χ0n) is 12.2. The van der Waals surface area contributed by atoms with Gasteiger partial charge in [0.2, 0.25) is 0 Å². The van der Waals surface area contributed by atoms with Crippen molar-refractivity contribution in [3.8, 4) is 0 Å². The van der Waals surface area contributed by atoms with Gasteiger partial charge in [0.05, 0.1) is 5.69 Å². The molecule has 0 aromatic carbocycles. The Morgan fingerprint density at radius 3 is 2.63 bits per heavy atom. The van der Waals surface area contributed by atoms with Gasteiger partial charge in [-0.25, -0.2) is 0 Å². The van der Waals surface area contributed by atoms with E-state index in [2.05, 4.69) is 20.8 Å². The molecule has 0 saturated heterocycles. The maximum absolute atomic E-state index is 5.13. The lowest BCUT2D eigenvalue weighted by atomic mass is 10.1. The Balaban J connectivity index is 2.27. The highest BCUT2D eigenvalue weighted by Crippen LogP contribution is 2.11. The van der Waals surface area contributed by atoms with Crippen LogP contribution in [0, 0.1) is 13.8 Å². The highest BCUT2D eigenvalue weighted by atomic mass is 16.5. The van der Waals surface area contributed by atoms with E-state index in [0.717, 1.165) is 50.0 Å². The summed E-state index contributed by atoms with van der Waals surface area (Å²) in [5, 5.41) is 10.4. The van der Waals surface area contributed by atoms with Crippen molar-refractivity contribution >= 4 is 5.96 Å². The molecule has 0 aliphatic heterocycles. The molecule has 108 valence electrons. The van der Waals surface area contributed by atoms with Gasteiger partial charge in [-0.3, -0.25) is 4.99 Å². The Bertz CT molecular complexity index is 382. The number of guanidine groups is 1. The Morgan fingerprint density at radius 1 is 1.32 bits per heavy atom. The van der Waals surface area contributed by atoms with Crippen molar-refractivity contribution in [1.82, 2.24) is 15.8 Å². The van der Waals surface area contributed by atoms with Crippen molar-refractivity contribution in [2.24, 2.45) is 4.99 Å². The quantitative estimate of drug-likeness (QED) is 0.439. The molecular weight excluding hydrogens is 244 g/mol. The third-order valence-corrected chi connectivity index (χ3v) is 2.89. The largest absolute Gasteiger partial charge is 0.385 e. The topological polar surface area (TPSA) is 71.7 Å². The van der Waals surface area contributed by atoms with Gasteiger partial charge in [-0.05, 0) is 26.7 Å². The molecule has 0 aliphatic rings. The molecule has 1 aromatic heterocycles. The molecule has 0 atom stereocenters. The van der Waals surface area contributed by atoms with Crippen LogP contribution in [0.2, 0.25) is 0 Å². The molecule has 6 heteroatoms. The molecule has 0 radical (unpaired) electrons. The molecule has 1 rings (SSSR count). The summed E-state index contributed by atoms with van der Waals surface area (Å²) in [5.41, 5.74) is 2.13. The third kappa shape index (κ3) is 5.30. The normalized spacial score (nSPS) is 11.7. The van der Waals surface area contributed by atoms with E-state index in [1.165, 1.54) is 5.56 Å². The van der Waals surface area contributed by atoms with E-state index in [4.69, 9.17) is 9.26 Å². The first-order valence-corrected chi connectivity index (χ1v) is 6.54. The van der Waals surface area contributed by atoms with Gasteiger partial charge in [-0.15, -0.1) is 0 Å². The number of aryl methyl sites for hydroxylation is 2. The van der Waals surface area contributed by atoms with Crippen LogP contribution in [0.4, 0.5) is 0 Å². The molecule has 0 bridgehead atoms. The van der Waals surface area contributed by atoms with Crippen LogP contribution < -0.4 is 10.6 Å². The summed E-state index contributed by atoms with van der Waals surface area (Å²) in [7, 11) is 3.47. The zero-order chi connectivity index (χ0) is 14.1. The number of ether oxygens (including phenoxy) is 1. The SMILES string of the molecule is CN=C(NCCCOC)NCCc1c(C)noc1C. The van der Waals surface area contributed by atoms with Crippen molar-refractivity contribution < 1.29 is 9.26 Å². The fourth-order valence-corrected chi connectivity index (χ4v) is 1.81. The summed E-state index contributed by atoms with van der Waals surface area (Å²) in [6.45, 7) is 6.30. The minimum atomic E-state index is 0.753. The zero-order valence-corrected chi connectivity index (χ0v) is 12.2. The summed E-state index contributed by atoms with van der Waals surface area (Å²) < 4.78 is 10.1. The standard InChI is InChI=1S/C13H24N4O2/c1-10-12(11(2)19-17-10)6-8-16-13(14-3)15-7-5-9-18-4/h5-9H2,1-4H3,(H2,14,15,16). The van der Waals surface area contributed by atoms with Crippen molar-refractivity contribution in [3.05, 3.63) is 17.0 Å². The van der Waals surface area contributed by atoms with Gasteiger partial charge in [0.1, 0.15) is 5.76 Å². The minimum absolute atomic E-state index is 0.753. The van der Waals surface area contributed by atoms with Gasteiger partial charge in [-0.1, -0.05) is 5.16 Å². The fourth-order valence-electron chi connectivity index (χ4n) is 1.81. The van der Waals surface area contributed by atoms with Gasteiger partial charge < -0.3 is 19.9 Å². The van der Waals surface area contributed by atoms with Crippen LogP contribution in [0.1, 0.15) is 23.4 Å². The van der Waals surface area contributed by atoms with Crippen LogP contribution in [0.25, 0.3) is 0 Å². The first-order chi connectivity index (χ1) is 9.19. The van der Waals surface area contributed by atoms with Gasteiger partial charge >= 0.3 is 0 Å². The van der Waals surface area contributed by atoms with Crippen molar-refractivity contribution in [1.29, 1.82) is 0 Å². The van der Waals surface area contributed by atoms with Crippen LogP contribution in [0.15, 0.2) is 9.52 Å². The first kappa shape index (κ1) is 15.5. The summed E-state index contributed by atoms with van der Waals surface area (Å²) in [6, 6.07) is 0. The Morgan fingerprint density at radius 2 is 2.05 bits per heavy atom. The predicted octanol–water partition coefficient (Wildman–Crippen LogP) is 1.04. The lowest BCUT2D eigenvalue weighted by Gasteiger charge is -2.11. The molecule has 1 aromatic rings. The number of methoxy groups -OCH3 is 1. The smallest absolute Gasteiger partial charge is 0.190 e. The highest BCUT2D eigenvalue weighted by molar-refractivity contribution is 5.79. The van der Waals surface area contributed by atoms with E-state index >= 15 is 0 Å². The van der Waals surface area contributed by atoms with E-state index in [1.807, 2.05) is 13.8 Å². The lowest BCUT2D eigenvalue weighted by molar-refractivity contribution is 0.195. The first-order valence-electron chi connectivity index (χ1n) is 6.54. The van der Waals surface area contributed by atoms with E-state index in [9.17, 15) is 0 Å². The van der Waals surface area contributed by atoms with Crippen LogP contribution >= 0.6 is 0 Å². The van der Waals surface area contributed by atoms with E-state index in [1.54, 1.807) is 14.2 Å². The number of hydrogen-bond donors (Lipinski definition) is 2. The Labute approximate surface area is 114 Å². The molecule has 0 aliphatic carbocycles. The monoisotopic (exact) mass is 268 g/mol. The predicted molar refractivity (Wildman–Crippen MR) is 75.5 cm³/mol. The minimum Gasteiger partial charge on any atom is -0.385 e. The van der Waals surface area contributed by atoms with E-state index in [0.29, 0.717) is 0 Å². The second-order valence-corrected chi connectivity index (χ2v) is 4.32. The van der Waals surface area contributed by atoms with Crippen LogP contribution in [-0.2, 0) is 11.2 Å². The molecule has 2 N–H and O–H groups in total. The Kier molecular flexibility index (Phi) is 6.95. The number of nitrogens with one attached hydrogen (secondary N) is 2. The van der Waals surface area contributed by atoms with Crippen LogP contribution in [0.3, 0.4) is 0 Å². The molecule has 1 heterocycles. The average molecular weight is 268 g/mol. The highest BCUT2D eigenvalue weighted by Gasteiger charge is 2.08. The molecular formula is C13H24N4O2. The number of nitrogens with zero attached hydrogens (tertiary/aromatic N) is 2. The summed E-state index contributed by atoms with van der Waals surface area (Å²) in [4.78, 5) is 4.16. The second kappa shape index (κ2) is 8.53. The second-order valence-electron chi connectivity index (χ2n) is 4.32. The number of rotatable bonds is 7. The summed E-state index contributed by atoms with van der Waals surface area (Å²) in [6.07, 6.45) is 1.83. The average Bonchev–Trinajstić information content (AvgIpc) is 2.73. The maximum Gasteiger partial charge on any atom is 0.190 e. The molecule has 0 saturated carbocycles. The van der Waals surface area contributed by atoms with Gasteiger partial charge in [0.15, 0.2) is 5.96 Å². The third-order valence-electron chi connectivity index (χ3n) is 2.89. The van der Waals surface area contributed by atoms with E-state index < -0.39 is 0 Å².